The summed E-state index contributed by atoms with van der Waals surface area (Å²) < 4.78 is 13.0. The Kier molecular flexibility index (Phi) is 3.93. The first kappa shape index (κ1) is 14.8. The minimum absolute atomic E-state index is 0.231. The summed E-state index contributed by atoms with van der Waals surface area (Å²) >= 11 is 1.58. The van der Waals surface area contributed by atoms with Gasteiger partial charge in [-0.2, -0.15) is 0 Å². The highest BCUT2D eigenvalue weighted by atomic mass is 32.1. The van der Waals surface area contributed by atoms with E-state index >= 15 is 0 Å². The van der Waals surface area contributed by atoms with Crippen molar-refractivity contribution in [2.75, 3.05) is 0 Å². The smallest absolute Gasteiger partial charge is 0.123 e. The lowest BCUT2D eigenvalue weighted by Crippen LogP contribution is -1.80. The van der Waals surface area contributed by atoms with E-state index in [0.717, 1.165) is 16.3 Å². The molecule has 1 nitrogen and oxygen atoms in total. The molecule has 0 amide bonds. The van der Waals surface area contributed by atoms with Gasteiger partial charge in [0.15, 0.2) is 0 Å². The summed E-state index contributed by atoms with van der Waals surface area (Å²) in [6.07, 6.45) is 4.12. The third kappa shape index (κ3) is 2.99. The zero-order valence-electron chi connectivity index (χ0n) is 12.8. The molecule has 116 valence electrons. The van der Waals surface area contributed by atoms with Crippen LogP contribution in [0.4, 0.5) is 4.39 Å². The number of aromatic nitrogens is 1. The highest BCUT2D eigenvalue weighted by Crippen LogP contribution is 2.25. The van der Waals surface area contributed by atoms with Crippen molar-refractivity contribution in [3.63, 3.8) is 0 Å². The molecule has 4 aromatic rings. The van der Waals surface area contributed by atoms with E-state index < -0.39 is 0 Å². The molecular weight excluding hydrogens is 317 g/mol. The summed E-state index contributed by atoms with van der Waals surface area (Å²) in [6.45, 7) is 0. The highest BCUT2D eigenvalue weighted by Gasteiger charge is 2.03. The maximum atomic E-state index is 13.0. The van der Waals surface area contributed by atoms with Crippen molar-refractivity contribution in [1.82, 2.24) is 4.98 Å². The van der Waals surface area contributed by atoms with Gasteiger partial charge in [0.2, 0.25) is 0 Å². The lowest BCUT2D eigenvalue weighted by molar-refractivity contribution is 0.628. The Hall–Kier alpha value is -2.78. The average molecular weight is 331 g/mol. The summed E-state index contributed by atoms with van der Waals surface area (Å²) in [5, 5.41) is 5.38. The van der Waals surface area contributed by atoms with E-state index in [0.29, 0.717) is 0 Å². The van der Waals surface area contributed by atoms with Crippen LogP contribution in [0.3, 0.4) is 0 Å². The van der Waals surface area contributed by atoms with Crippen LogP contribution in [0.25, 0.3) is 34.2 Å². The van der Waals surface area contributed by atoms with Crippen molar-refractivity contribution >= 4 is 34.3 Å². The van der Waals surface area contributed by atoms with E-state index in [1.165, 1.54) is 28.5 Å². The Balaban J connectivity index is 1.63. The Morgan fingerprint density at radius 3 is 2.50 bits per heavy atom. The number of nitrogens with zero attached hydrogens (tertiary/aromatic N) is 1. The van der Waals surface area contributed by atoms with Crippen molar-refractivity contribution < 1.29 is 4.39 Å². The first-order valence-electron chi connectivity index (χ1n) is 7.67. The summed E-state index contributed by atoms with van der Waals surface area (Å²) in [4.78, 5) is 4.61. The molecule has 3 heteroatoms. The fourth-order valence-electron chi connectivity index (χ4n) is 2.67. The Labute approximate surface area is 143 Å². The molecule has 0 fully saturated rings. The van der Waals surface area contributed by atoms with Crippen LogP contribution in [0.1, 0.15) is 10.6 Å². The topological polar surface area (TPSA) is 12.9 Å². The molecule has 0 spiro atoms. The van der Waals surface area contributed by atoms with Crippen LogP contribution < -0.4 is 0 Å². The average Bonchev–Trinajstić information content (AvgIpc) is 3.09. The number of halogens is 1. The van der Waals surface area contributed by atoms with Crippen molar-refractivity contribution in [3.05, 3.63) is 88.5 Å². The molecule has 4 rings (SSSR count). The number of fused-ring (bicyclic) bond motifs is 1. The van der Waals surface area contributed by atoms with Gasteiger partial charge >= 0.3 is 0 Å². The molecule has 0 N–H and O–H groups in total. The molecule has 0 aliphatic carbocycles. The van der Waals surface area contributed by atoms with E-state index in [4.69, 9.17) is 0 Å². The van der Waals surface area contributed by atoms with Crippen LogP contribution in [0.2, 0.25) is 0 Å². The van der Waals surface area contributed by atoms with Crippen LogP contribution in [0, 0.1) is 5.82 Å². The second-order valence-electron chi connectivity index (χ2n) is 5.48. The second kappa shape index (κ2) is 6.38. The number of benzene rings is 3. The van der Waals surface area contributed by atoms with Gasteiger partial charge in [0.25, 0.3) is 0 Å². The number of thiazole rings is 1. The minimum atomic E-state index is -0.231. The van der Waals surface area contributed by atoms with Crippen LogP contribution in [-0.2, 0) is 0 Å². The SMILES string of the molecule is Fc1ccc(-c2csc(/C=C/c3cccc4ccccc34)n2)cc1. The maximum Gasteiger partial charge on any atom is 0.123 e. The fourth-order valence-corrected chi connectivity index (χ4v) is 3.39. The first-order chi connectivity index (χ1) is 11.8. The largest absolute Gasteiger partial charge is 0.237 e. The maximum absolute atomic E-state index is 13.0. The van der Waals surface area contributed by atoms with E-state index in [2.05, 4.69) is 47.5 Å². The molecule has 0 aliphatic heterocycles. The van der Waals surface area contributed by atoms with Gasteiger partial charge in [-0.1, -0.05) is 48.5 Å². The van der Waals surface area contributed by atoms with Crippen molar-refractivity contribution in [2.45, 2.75) is 0 Å². The molecule has 1 heterocycles. The Bertz CT molecular complexity index is 1010. The summed E-state index contributed by atoms with van der Waals surface area (Å²) in [5.41, 5.74) is 2.97. The van der Waals surface area contributed by atoms with Gasteiger partial charge in [0, 0.05) is 10.9 Å². The molecule has 0 saturated heterocycles. The first-order valence-corrected chi connectivity index (χ1v) is 8.55. The Morgan fingerprint density at radius 2 is 1.62 bits per heavy atom. The molecule has 0 bridgehead atoms. The summed E-state index contributed by atoms with van der Waals surface area (Å²) in [5.74, 6) is -0.231. The zero-order valence-corrected chi connectivity index (χ0v) is 13.6. The number of rotatable bonds is 3. The molecule has 24 heavy (non-hydrogen) atoms. The molecule has 0 saturated carbocycles. The van der Waals surface area contributed by atoms with E-state index in [1.807, 2.05) is 17.5 Å². The normalized spacial score (nSPS) is 11.4. The monoisotopic (exact) mass is 331 g/mol. The predicted octanol–water partition coefficient (Wildman–Crippen LogP) is 6.27. The van der Waals surface area contributed by atoms with Gasteiger partial charge in [-0.3, -0.25) is 0 Å². The van der Waals surface area contributed by atoms with Gasteiger partial charge in [0.1, 0.15) is 10.8 Å². The van der Waals surface area contributed by atoms with Crippen molar-refractivity contribution in [2.24, 2.45) is 0 Å². The highest BCUT2D eigenvalue weighted by molar-refractivity contribution is 7.10. The third-order valence-electron chi connectivity index (χ3n) is 3.89. The third-order valence-corrected chi connectivity index (χ3v) is 4.70. The van der Waals surface area contributed by atoms with Gasteiger partial charge in [0.05, 0.1) is 5.69 Å². The van der Waals surface area contributed by atoms with Crippen molar-refractivity contribution in [3.8, 4) is 11.3 Å². The molecule has 1 aromatic heterocycles. The standard InChI is InChI=1S/C21H14FNS/c22-18-11-8-17(9-12-18)20-14-24-21(23-20)13-10-16-6-3-5-15-4-1-2-7-19(15)16/h1-14H/b13-10+. The fraction of sp³-hybridized carbons (Fsp3) is 0. The van der Waals surface area contributed by atoms with Gasteiger partial charge < -0.3 is 0 Å². The van der Waals surface area contributed by atoms with Crippen LogP contribution >= 0.6 is 11.3 Å². The molecular formula is C21H14FNS. The molecule has 0 radical (unpaired) electrons. The zero-order chi connectivity index (χ0) is 16.4. The van der Waals surface area contributed by atoms with Gasteiger partial charge in [-0.25, -0.2) is 9.37 Å². The van der Waals surface area contributed by atoms with E-state index in [9.17, 15) is 4.39 Å². The lowest BCUT2D eigenvalue weighted by Gasteiger charge is -2.01. The summed E-state index contributed by atoms with van der Waals surface area (Å²) in [7, 11) is 0. The minimum Gasteiger partial charge on any atom is -0.237 e. The predicted molar refractivity (Wildman–Crippen MR) is 100 cm³/mol. The van der Waals surface area contributed by atoms with Crippen LogP contribution in [0.5, 0.6) is 0 Å². The molecule has 3 aromatic carbocycles. The molecule has 0 unspecified atom stereocenters. The second-order valence-corrected chi connectivity index (χ2v) is 6.37. The van der Waals surface area contributed by atoms with Crippen LogP contribution in [0.15, 0.2) is 72.1 Å². The van der Waals surface area contributed by atoms with Gasteiger partial charge in [-0.15, -0.1) is 11.3 Å². The van der Waals surface area contributed by atoms with E-state index in [-0.39, 0.29) is 5.82 Å². The van der Waals surface area contributed by atoms with Crippen molar-refractivity contribution in [1.29, 1.82) is 0 Å². The number of hydrogen-bond donors (Lipinski definition) is 0. The Morgan fingerprint density at radius 1 is 0.833 bits per heavy atom. The molecule has 0 atom stereocenters. The van der Waals surface area contributed by atoms with Gasteiger partial charge in [-0.05, 0) is 46.7 Å². The lowest BCUT2D eigenvalue weighted by atomic mass is 10.0. The molecule has 0 aliphatic rings. The number of hydrogen-bond acceptors (Lipinski definition) is 2. The summed E-state index contributed by atoms with van der Waals surface area (Å²) in [6, 6.07) is 21.0. The van der Waals surface area contributed by atoms with E-state index in [1.54, 1.807) is 23.5 Å². The quantitative estimate of drug-likeness (QED) is 0.431. The van der Waals surface area contributed by atoms with Crippen LogP contribution in [-0.4, -0.2) is 4.98 Å².